The topological polar surface area (TPSA) is 99.2 Å². The van der Waals surface area contributed by atoms with Gasteiger partial charge in [0.15, 0.2) is 0 Å². The van der Waals surface area contributed by atoms with E-state index in [-0.39, 0.29) is 18.6 Å². The third kappa shape index (κ3) is 7.78. The largest absolute Gasteiger partial charge is 0.494 e. The highest BCUT2D eigenvalue weighted by atomic mass is 16.5. The Bertz CT molecular complexity index is 1070. The van der Waals surface area contributed by atoms with Gasteiger partial charge in [-0.3, -0.25) is 4.90 Å². The first-order valence-electron chi connectivity index (χ1n) is 13.9. The van der Waals surface area contributed by atoms with Crippen LogP contribution in [0.1, 0.15) is 36.3 Å². The minimum atomic E-state index is -1.02. The first-order chi connectivity index (χ1) is 19.5. The highest BCUT2D eigenvalue weighted by Crippen LogP contribution is 2.37. The number of piperidine rings is 1. The lowest BCUT2D eigenvalue weighted by Crippen LogP contribution is -2.52. The second-order valence-corrected chi connectivity index (χ2v) is 10.1. The van der Waals surface area contributed by atoms with Crippen LogP contribution >= 0.6 is 0 Å². The fraction of sp³-hybridized carbons (Fsp3) is 0.567. The summed E-state index contributed by atoms with van der Waals surface area (Å²) < 4.78 is 34.0. The van der Waals surface area contributed by atoms with Crippen LogP contribution in [-0.4, -0.2) is 95.8 Å². The predicted octanol–water partition coefficient (Wildman–Crippen LogP) is 4.36. The third-order valence-electron chi connectivity index (χ3n) is 7.44. The van der Waals surface area contributed by atoms with Gasteiger partial charge in [-0.25, -0.2) is 4.79 Å². The fourth-order valence-electron chi connectivity index (χ4n) is 5.33. The zero-order chi connectivity index (χ0) is 28.3. The van der Waals surface area contributed by atoms with Crippen molar-refractivity contribution in [3.8, 4) is 11.5 Å². The van der Waals surface area contributed by atoms with Crippen molar-refractivity contribution in [2.45, 2.75) is 44.1 Å². The molecule has 1 N–H and O–H groups in total. The summed E-state index contributed by atoms with van der Waals surface area (Å²) in [5, 5.41) is 9.84. The zero-order valence-electron chi connectivity index (χ0n) is 23.8. The first kappa shape index (κ1) is 29.9. The highest BCUT2D eigenvalue weighted by molar-refractivity contribution is 5.65. The van der Waals surface area contributed by atoms with E-state index in [2.05, 4.69) is 11.0 Å². The summed E-state index contributed by atoms with van der Waals surface area (Å²) in [7, 11) is 4.94. The average molecular weight is 559 g/mol. The molecule has 10 heteroatoms. The molecule has 1 fully saturated rings. The van der Waals surface area contributed by atoms with E-state index in [9.17, 15) is 9.90 Å². The van der Waals surface area contributed by atoms with Crippen LogP contribution in [0, 0.1) is 0 Å². The Labute approximate surface area is 236 Å². The maximum Gasteiger partial charge on any atom is 0.409 e. The molecule has 10 nitrogen and oxygen atoms in total. The minimum Gasteiger partial charge on any atom is -0.494 e. The molecule has 2 aliphatic heterocycles. The van der Waals surface area contributed by atoms with Crippen molar-refractivity contribution in [1.29, 1.82) is 0 Å². The maximum atomic E-state index is 12.0. The summed E-state index contributed by atoms with van der Waals surface area (Å²) >= 11 is 0. The number of ether oxygens (including phenoxy) is 6. The third-order valence-corrected chi connectivity index (χ3v) is 7.44. The van der Waals surface area contributed by atoms with Crippen molar-refractivity contribution in [2.75, 3.05) is 72.3 Å². The van der Waals surface area contributed by atoms with Gasteiger partial charge in [0, 0.05) is 59.8 Å². The number of carbonyl (C=O) groups is 1. The van der Waals surface area contributed by atoms with Crippen molar-refractivity contribution >= 4 is 11.8 Å². The standard InChI is InChI=1S/C30H42N2O8/c1-35-14-4-12-31-13-17-39-27-11-6-22(18-26(27)31)21-40-28-20-32(30(33)34)29(37-3)19-25(28)23-7-9-24(10-8-23)38-16-5-15-36-2/h6-11,18,25,28-29H,4-5,12-17,19-21H2,1-3H3,(H,33,34). The average Bonchev–Trinajstić information content (AvgIpc) is 2.98. The van der Waals surface area contributed by atoms with E-state index in [1.807, 2.05) is 36.4 Å². The highest BCUT2D eigenvalue weighted by Gasteiger charge is 2.39. The molecule has 3 unspecified atom stereocenters. The summed E-state index contributed by atoms with van der Waals surface area (Å²) in [5.74, 6) is 1.61. The number of benzene rings is 2. The summed E-state index contributed by atoms with van der Waals surface area (Å²) in [6, 6.07) is 14.1. The van der Waals surface area contributed by atoms with Crippen LogP contribution < -0.4 is 14.4 Å². The lowest BCUT2D eigenvalue weighted by molar-refractivity contribution is -0.104. The van der Waals surface area contributed by atoms with Gasteiger partial charge in [-0.15, -0.1) is 0 Å². The summed E-state index contributed by atoms with van der Waals surface area (Å²) in [6.45, 7) is 4.88. The Kier molecular flexibility index (Phi) is 11.3. The van der Waals surface area contributed by atoms with Crippen molar-refractivity contribution in [2.24, 2.45) is 0 Å². The molecular formula is C30H42N2O8. The van der Waals surface area contributed by atoms with Crippen LogP contribution in [-0.2, 0) is 25.6 Å². The number of rotatable bonds is 14. The summed E-state index contributed by atoms with van der Waals surface area (Å²) in [6.07, 6.45) is 0.332. The fourth-order valence-corrected chi connectivity index (χ4v) is 5.33. The van der Waals surface area contributed by atoms with Crippen LogP contribution in [0.2, 0.25) is 0 Å². The molecule has 40 heavy (non-hydrogen) atoms. The van der Waals surface area contributed by atoms with Crippen molar-refractivity contribution in [3.05, 3.63) is 53.6 Å². The van der Waals surface area contributed by atoms with Crippen LogP contribution in [0.25, 0.3) is 0 Å². The summed E-state index contributed by atoms with van der Waals surface area (Å²) in [4.78, 5) is 15.7. The Hall–Kier alpha value is -3.05. The second-order valence-electron chi connectivity index (χ2n) is 10.1. The van der Waals surface area contributed by atoms with E-state index in [0.717, 1.165) is 54.2 Å². The molecule has 1 saturated heterocycles. The molecule has 220 valence electrons. The Morgan fingerprint density at radius 3 is 2.52 bits per heavy atom. The lowest BCUT2D eigenvalue weighted by atomic mass is 9.86. The van der Waals surface area contributed by atoms with E-state index >= 15 is 0 Å². The number of methoxy groups -OCH3 is 3. The molecule has 0 spiro atoms. The van der Waals surface area contributed by atoms with E-state index < -0.39 is 12.3 Å². The van der Waals surface area contributed by atoms with Crippen molar-refractivity contribution < 1.29 is 38.3 Å². The molecule has 1 amide bonds. The molecule has 2 aliphatic rings. The molecule has 0 saturated carbocycles. The van der Waals surface area contributed by atoms with E-state index in [1.54, 1.807) is 21.3 Å². The number of amides is 1. The Morgan fingerprint density at radius 1 is 1.02 bits per heavy atom. The van der Waals surface area contributed by atoms with E-state index in [1.165, 1.54) is 4.90 Å². The SMILES string of the molecule is COCCCOc1ccc(C2CC(OC)N(C(=O)O)CC2OCc2ccc3c(c2)N(CCCOC)CCO3)cc1. The number of nitrogens with zero attached hydrogens (tertiary/aromatic N) is 2. The molecule has 2 aromatic carbocycles. The molecule has 4 rings (SSSR count). The Balaban J connectivity index is 1.47. The smallest absolute Gasteiger partial charge is 0.409 e. The van der Waals surface area contributed by atoms with Gasteiger partial charge < -0.3 is 38.4 Å². The molecule has 0 bridgehead atoms. The number of anilines is 1. The quantitative estimate of drug-likeness (QED) is 0.339. The van der Waals surface area contributed by atoms with Gasteiger partial charge in [0.1, 0.15) is 24.3 Å². The van der Waals surface area contributed by atoms with Crippen molar-refractivity contribution in [1.82, 2.24) is 4.90 Å². The maximum absolute atomic E-state index is 12.0. The second kappa shape index (κ2) is 15.1. The van der Waals surface area contributed by atoms with Crippen LogP contribution in [0.15, 0.2) is 42.5 Å². The van der Waals surface area contributed by atoms with Gasteiger partial charge in [0.2, 0.25) is 0 Å². The first-order valence-corrected chi connectivity index (χ1v) is 13.9. The van der Waals surface area contributed by atoms with Gasteiger partial charge in [-0.05, 0) is 41.8 Å². The van der Waals surface area contributed by atoms with Crippen LogP contribution in [0.4, 0.5) is 10.5 Å². The molecule has 2 heterocycles. The summed E-state index contributed by atoms with van der Waals surface area (Å²) in [5.41, 5.74) is 3.12. The monoisotopic (exact) mass is 558 g/mol. The number of hydrogen-bond donors (Lipinski definition) is 1. The van der Waals surface area contributed by atoms with E-state index in [4.69, 9.17) is 28.4 Å². The number of fused-ring (bicyclic) bond motifs is 1. The minimum absolute atomic E-state index is 0.0467. The predicted molar refractivity (Wildman–Crippen MR) is 151 cm³/mol. The van der Waals surface area contributed by atoms with Gasteiger partial charge in [0.05, 0.1) is 38.1 Å². The molecule has 2 aromatic rings. The molecule has 0 radical (unpaired) electrons. The normalized spacial score (nSPS) is 20.6. The lowest BCUT2D eigenvalue weighted by Gasteiger charge is -2.42. The van der Waals surface area contributed by atoms with Gasteiger partial charge in [-0.2, -0.15) is 0 Å². The van der Waals surface area contributed by atoms with E-state index in [0.29, 0.717) is 39.5 Å². The van der Waals surface area contributed by atoms with Crippen molar-refractivity contribution in [3.63, 3.8) is 0 Å². The number of hydrogen-bond acceptors (Lipinski definition) is 8. The van der Waals surface area contributed by atoms with Crippen LogP contribution in [0.3, 0.4) is 0 Å². The van der Waals surface area contributed by atoms with Crippen LogP contribution in [0.5, 0.6) is 11.5 Å². The van der Waals surface area contributed by atoms with Gasteiger partial charge in [-0.1, -0.05) is 18.2 Å². The zero-order valence-corrected chi connectivity index (χ0v) is 23.8. The molecule has 0 aliphatic carbocycles. The molecular weight excluding hydrogens is 516 g/mol. The van der Waals surface area contributed by atoms with Gasteiger partial charge >= 0.3 is 6.09 Å². The number of likely N-dealkylation sites (tertiary alicyclic amines) is 1. The number of carboxylic acid groups (broad SMARTS) is 1. The molecule has 3 atom stereocenters. The van der Waals surface area contributed by atoms with Gasteiger partial charge in [0.25, 0.3) is 0 Å². The Morgan fingerprint density at radius 2 is 1.80 bits per heavy atom. The molecule has 0 aromatic heterocycles.